The van der Waals surface area contributed by atoms with E-state index < -0.39 is 8.32 Å². The molecule has 4 heteroatoms. The predicted molar refractivity (Wildman–Crippen MR) is 129 cm³/mol. The summed E-state index contributed by atoms with van der Waals surface area (Å²) in [4.78, 5) is 11.2. The van der Waals surface area contributed by atoms with Crippen LogP contribution in [0.5, 0.6) is 0 Å². The molecule has 2 saturated carbocycles. The molecule has 0 spiro atoms. The van der Waals surface area contributed by atoms with Crippen molar-refractivity contribution in [2.75, 3.05) is 7.11 Å². The quantitative estimate of drug-likeness (QED) is 0.182. The Labute approximate surface area is 186 Å². The molecule has 2 aliphatic carbocycles. The number of rotatable bonds is 7. The Kier molecular flexibility index (Phi) is 8.60. The first kappa shape index (κ1) is 25.4. The van der Waals surface area contributed by atoms with Crippen LogP contribution in [-0.2, 0) is 14.0 Å². The summed E-state index contributed by atoms with van der Waals surface area (Å²) in [5.74, 6) is 1.79. The van der Waals surface area contributed by atoms with E-state index >= 15 is 0 Å². The molecule has 0 radical (unpaired) electrons. The Hall–Kier alpha value is -0.873. The highest BCUT2D eigenvalue weighted by atomic mass is 28.4. The van der Waals surface area contributed by atoms with E-state index in [9.17, 15) is 4.79 Å². The zero-order valence-corrected chi connectivity index (χ0v) is 21.8. The van der Waals surface area contributed by atoms with Crippen LogP contribution >= 0.6 is 0 Å². The first-order valence-electron chi connectivity index (χ1n) is 12.0. The van der Waals surface area contributed by atoms with E-state index in [0.717, 1.165) is 12.3 Å². The molecule has 5 atom stereocenters. The van der Waals surface area contributed by atoms with Crippen LogP contribution in [0.4, 0.5) is 0 Å². The fourth-order valence-electron chi connectivity index (χ4n) is 5.73. The lowest BCUT2D eigenvalue weighted by molar-refractivity contribution is -0.134. The fraction of sp³-hybridized carbons (Fsp3) is 0.808. The molecule has 0 heterocycles. The van der Waals surface area contributed by atoms with Crippen molar-refractivity contribution in [3.63, 3.8) is 0 Å². The highest BCUT2D eigenvalue weighted by molar-refractivity contribution is 6.74. The minimum absolute atomic E-state index is 0.269. The molecule has 3 nitrogen and oxygen atoms in total. The smallest absolute Gasteiger partial charge is 0.330 e. The van der Waals surface area contributed by atoms with Gasteiger partial charge in [0.05, 0.1) is 7.11 Å². The van der Waals surface area contributed by atoms with Crippen LogP contribution in [0.3, 0.4) is 0 Å². The summed E-state index contributed by atoms with van der Waals surface area (Å²) >= 11 is 0. The third-order valence-corrected chi connectivity index (χ3v) is 13.0. The molecule has 172 valence electrons. The van der Waals surface area contributed by atoms with Crippen LogP contribution in [0.15, 0.2) is 24.3 Å². The second-order valence-electron chi connectivity index (χ2n) is 11.5. The monoisotopic (exact) mass is 434 g/mol. The molecule has 2 fully saturated rings. The molecule has 0 aromatic rings. The highest BCUT2D eigenvalue weighted by Gasteiger charge is 2.52. The maximum atomic E-state index is 11.2. The van der Waals surface area contributed by atoms with E-state index in [1.54, 1.807) is 6.08 Å². The predicted octanol–water partition coefficient (Wildman–Crippen LogP) is 7.29. The second kappa shape index (κ2) is 10.2. The van der Waals surface area contributed by atoms with Crippen molar-refractivity contribution in [1.29, 1.82) is 0 Å². The summed E-state index contributed by atoms with van der Waals surface area (Å²) < 4.78 is 11.7. The minimum Gasteiger partial charge on any atom is -0.466 e. The lowest BCUT2D eigenvalue weighted by Crippen LogP contribution is -2.54. The van der Waals surface area contributed by atoms with Gasteiger partial charge in [0.2, 0.25) is 0 Å². The van der Waals surface area contributed by atoms with Crippen LogP contribution < -0.4 is 0 Å². The molecular weight excluding hydrogens is 388 g/mol. The number of esters is 1. The van der Waals surface area contributed by atoms with Gasteiger partial charge in [-0.05, 0) is 73.4 Å². The van der Waals surface area contributed by atoms with Gasteiger partial charge in [-0.3, -0.25) is 0 Å². The summed E-state index contributed by atoms with van der Waals surface area (Å²) in [7, 11) is -0.342. The van der Waals surface area contributed by atoms with Gasteiger partial charge in [0.25, 0.3) is 0 Å². The van der Waals surface area contributed by atoms with Crippen LogP contribution in [0.2, 0.25) is 18.1 Å². The van der Waals surface area contributed by atoms with Gasteiger partial charge in [-0.15, -0.1) is 0 Å². The molecule has 0 saturated heterocycles. The number of hydrogen-bond donors (Lipinski definition) is 0. The number of ether oxygens (including phenoxy) is 1. The van der Waals surface area contributed by atoms with Gasteiger partial charge in [0, 0.05) is 12.2 Å². The largest absolute Gasteiger partial charge is 0.466 e. The second-order valence-corrected chi connectivity index (χ2v) is 16.2. The molecule has 0 N–H and O–H groups in total. The van der Waals surface area contributed by atoms with Crippen molar-refractivity contribution in [3.05, 3.63) is 24.3 Å². The van der Waals surface area contributed by atoms with E-state index in [4.69, 9.17) is 4.43 Å². The molecule has 0 aromatic heterocycles. The summed E-state index contributed by atoms with van der Waals surface area (Å²) in [5, 5.41) is 0.269. The van der Waals surface area contributed by atoms with Crippen molar-refractivity contribution in [2.45, 2.75) is 104 Å². The number of fused-ring (bicyclic) bond motifs is 1. The summed E-state index contributed by atoms with van der Waals surface area (Å²) in [5.41, 5.74) is 0.388. The Morgan fingerprint density at radius 3 is 2.50 bits per heavy atom. The summed E-state index contributed by atoms with van der Waals surface area (Å²) in [6.45, 7) is 16.9. The van der Waals surface area contributed by atoms with Crippen molar-refractivity contribution < 1.29 is 14.0 Å². The van der Waals surface area contributed by atoms with Crippen LogP contribution in [-0.4, -0.2) is 27.5 Å². The van der Waals surface area contributed by atoms with Gasteiger partial charge in [-0.1, -0.05) is 65.7 Å². The SMILES string of the molecule is COC(=O)/C=C/C=C/C[C@@H](C)[C@H]1CCC[C@H]2[C@@H](O[Si](C)(C)C(C)(C)C)CCC[C@]12C. The number of carbonyl (C=O) groups is 1. The third-order valence-electron chi connectivity index (χ3n) is 8.50. The van der Waals surface area contributed by atoms with Gasteiger partial charge in [-0.2, -0.15) is 0 Å². The maximum Gasteiger partial charge on any atom is 0.330 e. The number of carbonyl (C=O) groups excluding carboxylic acids is 1. The van der Waals surface area contributed by atoms with Gasteiger partial charge in [0.1, 0.15) is 0 Å². The summed E-state index contributed by atoms with van der Waals surface area (Å²) in [6, 6.07) is 0. The Morgan fingerprint density at radius 1 is 1.17 bits per heavy atom. The van der Waals surface area contributed by atoms with Crippen LogP contribution in [0, 0.1) is 23.2 Å². The van der Waals surface area contributed by atoms with E-state index in [-0.39, 0.29) is 11.0 Å². The third kappa shape index (κ3) is 5.88. The standard InChI is InChI=1S/C26H46O3Si/c1-20(14-10-9-11-18-24(27)28-6)21-15-12-16-22-23(17-13-19-26(21,22)5)29-30(7,8)25(2,3)4/h9-11,18,20-23H,12-17,19H2,1-8H3/b10-9+,18-11+/t20-,21-,22+,23+,26-/m1/s1. The minimum atomic E-state index is -1.75. The summed E-state index contributed by atoms with van der Waals surface area (Å²) in [6.07, 6.45) is 16.8. The first-order valence-corrected chi connectivity index (χ1v) is 14.9. The van der Waals surface area contributed by atoms with Crippen molar-refractivity contribution in [1.82, 2.24) is 0 Å². The lowest BCUT2D eigenvalue weighted by Gasteiger charge is -2.56. The zero-order valence-electron chi connectivity index (χ0n) is 20.8. The molecule has 30 heavy (non-hydrogen) atoms. The molecule has 0 bridgehead atoms. The first-order chi connectivity index (χ1) is 13.9. The van der Waals surface area contributed by atoms with Gasteiger partial charge >= 0.3 is 5.97 Å². The number of hydrogen-bond acceptors (Lipinski definition) is 3. The van der Waals surface area contributed by atoms with Crippen molar-refractivity contribution in [2.24, 2.45) is 23.2 Å². The van der Waals surface area contributed by atoms with Crippen LogP contribution in [0.25, 0.3) is 0 Å². The molecular formula is C26H46O3Si. The number of methoxy groups -OCH3 is 1. The fourth-order valence-corrected chi connectivity index (χ4v) is 7.12. The molecule has 0 aliphatic heterocycles. The number of allylic oxidation sites excluding steroid dienone is 3. The van der Waals surface area contributed by atoms with Gasteiger partial charge in [0.15, 0.2) is 8.32 Å². The normalized spacial score (nSPS) is 31.7. The Bertz CT molecular complexity index is 631. The average molecular weight is 435 g/mol. The molecule has 0 aromatic carbocycles. The zero-order chi connectivity index (χ0) is 22.6. The van der Waals surface area contributed by atoms with E-state index in [1.807, 2.05) is 6.08 Å². The maximum absolute atomic E-state index is 11.2. The van der Waals surface area contributed by atoms with E-state index in [1.165, 1.54) is 51.7 Å². The highest BCUT2D eigenvalue weighted by Crippen LogP contribution is 2.57. The lowest BCUT2D eigenvalue weighted by atomic mass is 9.52. The van der Waals surface area contributed by atoms with Gasteiger partial charge < -0.3 is 9.16 Å². The topological polar surface area (TPSA) is 35.5 Å². The van der Waals surface area contributed by atoms with Crippen molar-refractivity contribution >= 4 is 14.3 Å². The molecule has 0 unspecified atom stereocenters. The molecule has 2 rings (SSSR count). The Balaban J connectivity index is 2.08. The van der Waals surface area contributed by atoms with Crippen molar-refractivity contribution in [3.8, 4) is 0 Å². The van der Waals surface area contributed by atoms with Gasteiger partial charge in [-0.25, -0.2) is 4.79 Å². The molecule has 0 amide bonds. The van der Waals surface area contributed by atoms with E-state index in [2.05, 4.69) is 58.5 Å². The van der Waals surface area contributed by atoms with Crippen LogP contribution in [0.1, 0.15) is 79.6 Å². The Morgan fingerprint density at radius 2 is 1.87 bits per heavy atom. The van der Waals surface area contributed by atoms with E-state index in [0.29, 0.717) is 23.4 Å². The molecule has 2 aliphatic rings. The average Bonchev–Trinajstić information content (AvgIpc) is 2.65.